The normalized spacial score (nSPS) is 12.5. The first-order valence-electron chi connectivity index (χ1n) is 4.72. The zero-order valence-electron chi connectivity index (χ0n) is 8.53. The summed E-state index contributed by atoms with van der Waals surface area (Å²) in [5, 5.41) is 9.36. The number of carboxylic acid groups (broad SMARTS) is 1. The largest absolute Gasteiger partial charge is 0.481 e. The Morgan fingerprint density at radius 2 is 2.27 bits per heavy atom. The van der Waals surface area contributed by atoms with E-state index < -0.39 is 5.97 Å². The highest BCUT2D eigenvalue weighted by atomic mass is 35.5. The Bertz CT molecular complexity index is 366. The zero-order chi connectivity index (χ0) is 11.4. The molecule has 0 saturated heterocycles. The predicted molar refractivity (Wildman–Crippen MR) is 60.2 cm³/mol. The van der Waals surface area contributed by atoms with Crippen molar-refractivity contribution >= 4 is 17.6 Å². The van der Waals surface area contributed by atoms with E-state index in [0.29, 0.717) is 11.6 Å². The molecular formula is C11H14ClNO2. The lowest BCUT2D eigenvalue weighted by Gasteiger charge is -2.15. The van der Waals surface area contributed by atoms with Gasteiger partial charge in [-0.15, -0.1) is 0 Å². The van der Waals surface area contributed by atoms with Gasteiger partial charge >= 0.3 is 5.97 Å². The molecule has 0 aliphatic carbocycles. The number of aliphatic carboxylic acids is 1. The fraction of sp³-hybridized carbons (Fsp3) is 0.364. The van der Waals surface area contributed by atoms with Crippen LogP contribution in [-0.4, -0.2) is 17.6 Å². The molecule has 1 unspecified atom stereocenters. The predicted octanol–water partition coefficient (Wildman–Crippen LogP) is 2.17. The summed E-state index contributed by atoms with van der Waals surface area (Å²) in [5.74, 6) is -1.01. The highest BCUT2D eigenvalue weighted by Crippen LogP contribution is 2.25. The Hall–Kier alpha value is -1.06. The number of carbonyl (C=O) groups is 1. The average molecular weight is 228 g/mol. The van der Waals surface area contributed by atoms with Gasteiger partial charge in [0.25, 0.3) is 0 Å². The number of halogens is 1. The summed E-state index contributed by atoms with van der Waals surface area (Å²) in [6.07, 6.45) is 0.0394. The van der Waals surface area contributed by atoms with Crippen LogP contribution in [0.1, 0.15) is 23.5 Å². The van der Waals surface area contributed by atoms with Crippen LogP contribution >= 0.6 is 11.6 Å². The third kappa shape index (κ3) is 3.22. The van der Waals surface area contributed by atoms with Crippen molar-refractivity contribution in [2.45, 2.75) is 19.3 Å². The molecule has 1 aromatic rings. The van der Waals surface area contributed by atoms with E-state index in [1.165, 1.54) is 0 Å². The van der Waals surface area contributed by atoms with E-state index >= 15 is 0 Å². The molecule has 0 saturated carbocycles. The summed E-state index contributed by atoms with van der Waals surface area (Å²) in [6, 6.07) is 5.45. The van der Waals surface area contributed by atoms with Gasteiger partial charge in [0.05, 0.1) is 6.42 Å². The topological polar surface area (TPSA) is 63.3 Å². The molecule has 1 rings (SSSR count). The van der Waals surface area contributed by atoms with Crippen molar-refractivity contribution in [3.8, 4) is 0 Å². The monoisotopic (exact) mass is 227 g/mol. The standard InChI is InChI=1S/C11H14ClNO2/c1-7-2-3-9(12)5-10(7)8(6-13)4-11(14)15/h2-3,5,8H,4,6,13H2,1H3,(H,14,15). The fourth-order valence-corrected chi connectivity index (χ4v) is 1.76. The molecule has 4 heteroatoms. The Morgan fingerprint density at radius 1 is 1.60 bits per heavy atom. The third-order valence-corrected chi connectivity index (χ3v) is 2.62. The van der Waals surface area contributed by atoms with Crippen molar-refractivity contribution in [1.29, 1.82) is 0 Å². The van der Waals surface area contributed by atoms with Crippen molar-refractivity contribution < 1.29 is 9.90 Å². The molecule has 0 aliphatic rings. The highest BCUT2D eigenvalue weighted by molar-refractivity contribution is 6.30. The van der Waals surface area contributed by atoms with Gasteiger partial charge in [-0.25, -0.2) is 0 Å². The lowest BCUT2D eigenvalue weighted by Crippen LogP contribution is -2.17. The van der Waals surface area contributed by atoms with Gasteiger partial charge < -0.3 is 10.8 Å². The summed E-state index contributed by atoms with van der Waals surface area (Å²) in [4.78, 5) is 10.6. The van der Waals surface area contributed by atoms with Crippen LogP contribution < -0.4 is 5.73 Å². The van der Waals surface area contributed by atoms with Crippen LogP contribution in [0.5, 0.6) is 0 Å². The first kappa shape index (κ1) is 12.0. The van der Waals surface area contributed by atoms with Gasteiger partial charge in [0.1, 0.15) is 0 Å². The number of rotatable bonds is 4. The summed E-state index contributed by atoms with van der Waals surface area (Å²) in [6.45, 7) is 2.24. The number of hydrogen-bond donors (Lipinski definition) is 2. The molecule has 0 heterocycles. The van der Waals surface area contributed by atoms with E-state index in [2.05, 4.69) is 0 Å². The van der Waals surface area contributed by atoms with Crippen LogP contribution in [0.25, 0.3) is 0 Å². The Balaban J connectivity index is 3.00. The lowest BCUT2D eigenvalue weighted by atomic mass is 9.92. The second-order valence-corrected chi connectivity index (χ2v) is 3.97. The molecule has 0 aromatic heterocycles. The van der Waals surface area contributed by atoms with E-state index in [1.54, 1.807) is 12.1 Å². The molecule has 0 amide bonds. The van der Waals surface area contributed by atoms with E-state index in [-0.39, 0.29) is 12.3 Å². The SMILES string of the molecule is Cc1ccc(Cl)cc1C(CN)CC(=O)O. The van der Waals surface area contributed by atoms with Gasteiger partial charge in [0.15, 0.2) is 0 Å². The number of benzene rings is 1. The Kier molecular flexibility index (Phi) is 4.12. The van der Waals surface area contributed by atoms with Crippen molar-refractivity contribution in [3.63, 3.8) is 0 Å². The number of aryl methyl sites for hydroxylation is 1. The highest BCUT2D eigenvalue weighted by Gasteiger charge is 2.16. The molecule has 3 nitrogen and oxygen atoms in total. The van der Waals surface area contributed by atoms with Gasteiger partial charge in [-0.1, -0.05) is 17.7 Å². The molecule has 82 valence electrons. The van der Waals surface area contributed by atoms with Gasteiger partial charge in [0.2, 0.25) is 0 Å². The second-order valence-electron chi connectivity index (χ2n) is 3.53. The van der Waals surface area contributed by atoms with Crippen LogP contribution in [0.4, 0.5) is 0 Å². The molecule has 0 radical (unpaired) electrons. The maximum absolute atomic E-state index is 10.6. The van der Waals surface area contributed by atoms with Crippen molar-refractivity contribution in [2.24, 2.45) is 5.73 Å². The first-order chi connectivity index (χ1) is 7.04. The van der Waals surface area contributed by atoms with Gasteiger partial charge in [-0.05, 0) is 36.7 Å². The minimum Gasteiger partial charge on any atom is -0.481 e. The molecule has 0 spiro atoms. The number of carboxylic acids is 1. The van der Waals surface area contributed by atoms with E-state index in [4.69, 9.17) is 22.4 Å². The number of hydrogen-bond acceptors (Lipinski definition) is 2. The minimum absolute atomic E-state index is 0.0394. The Morgan fingerprint density at radius 3 is 2.80 bits per heavy atom. The summed E-state index contributed by atoms with van der Waals surface area (Å²) >= 11 is 5.87. The van der Waals surface area contributed by atoms with E-state index in [1.807, 2.05) is 13.0 Å². The van der Waals surface area contributed by atoms with Crippen LogP contribution in [0.3, 0.4) is 0 Å². The zero-order valence-corrected chi connectivity index (χ0v) is 9.29. The maximum Gasteiger partial charge on any atom is 0.304 e. The number of nitrogens with two attached hydrogens (primary N) is 1. The van der Waals surface area contributed by atoms with Crippen LogP contribution in [0, 0.1) is 6.92 Å². The lowest BCUT2D eigenvalue weighted by molar-refractivity contribution is -0.137. The van der Waals surface area contributed by atoms with Crippen molar-refractivity contribution in [1.82, 2.24) is 0 Å². The van der Waals surface area contributed by atoms with Crippen LogP contribution in [0.2, 0.25) is 5.02 Å². The summed E-state index contributed by atoms with van der Waals surface area (Å²) < 4.78 is 0. The van der Waals surface area contributed by atoms with Crippen molar-refractivity contribution in [3.05, 3.63) is 34.3 Å². The quantitative estimate of drug-likeness (QED) is 0.829. The van der Waals surface area contributed by atoms with Gasteiger partial charge in [0, 0.05) is 10.9 Å². The molecule has 15 heavy (non-hydrogen) atoms. The molecule has 1 aromatic carbocycles. The average Bonchev–Trinajstić information content (AvgIpc) is 2.18. The molecule has 3 N–H and O–H groups in total. The van der Waals surface area contributed by atoms with Crippen LogP contribution in [-0.2, 0) is 4.79 Å². The molecule has 0 aliphatic heterocycles. The minimum atomic E-state index is -0.843. The Labute approximate surface area is 93.9 Å². The summed E-state index contributed by atoms with van der Waals surface area (Å²) in [7, 11) is 0. The second kappa shape index (κ2) is 5.14. The van der Waals surface area contributed by atoms with Gasteiger partial charge in [-0.3, -0.25) is 4.79 Å². The summed E-state index contributed by atoms with van der Waals surface area (Å²) in [5.41, 5.74) is 7.51. The first-order valence-corrected chi connectivity index (χ1v) is 5.10. The molecule has 0 bridgehead atoms. The third-order valence-electron chi connectivity index (χ3n) is 2.39. The molecule has 0 fully saturated rings. The fourth-order valence-electron chi connectivity index (χ4n) is 1.58. The maximum atomic E-state index is 10.6. The molecular weight excluding hydrogens is 214 g/mol. The van der Waals surface area contributed by atoms with E-state index in [9.17, 15) is 4.79 Å². The van der Waals surface area contributed by atoms with Crippen LogP contribution in [0.15, 0.2) is 18.2 Å². The van der Waals surface area contributed by atoms with E-state index in [0.717, 1.165) is 11.1 Å². The smallest absolute Gasteiger partial charge is 0.304 e. The molecule has 1 atom stereocenters. The van der Waals surface area contributed by atoms with Crippen molar-refractivity contribution in [2.75, 3.05) is 6.54 Å². The van der Waals surface area contributed by atoms with Gasteiger partial charge in [-0.2, -0.15) is 0 Å².